The second-order valence-corrected chi connectivity index (χ2v) is 4.34. The first-order valence-electron chi connectivity index (χ1n) is 5.76. The minimum absolute atomic E-state index is 0.246. The van der Waals surface area contributed by atoms with Crippen molar-refractivity contribution in [2.75, 3.05) is 13.2 Å². The number of aliphatic hydroxyl groups is 1. The normalized spacial score (nSPS) is 14.7. The Balaban J connectivity index is 2.40. The average molecular weight is 223 g/mol. The Morgan fingerprint density at radius 2 is 1.81 bits per heavy atom. The van der Waals surface area contributed by atoms with Gasteiger partial charge in [0.2, 0.25) is 0 Å². The van der Waals surface area contributed by atoms with Crippen molar-refractivity contribution in [1.82, 2.24) is 5.32 Å². The van der Waals surface area contributed by atoms with Crippen LogP contribution in [0.2, 0.25) is 0 Å². The Bertz CT molecular complexity index is 297. The van der Waals surface area contributed by atoms with E-state index in [4.69, 9.17) is 5.11 Å². The van der Waals surface area contributed by atoms with E-state index >= 15 is 0 Å². The van der Waals surface area contributed by atoms with Crippen molar-refractivity contribution in [1.29, 1.82) is 0 Å². The topological polar surface area (TPSA) is 52.5 Å². The quantitative estimate of drug-likeness (QED) is 0.692. The van der Waals surface area contributed by atoms with Crippen molar-refractivity contribution in [3.05, 3.63) is 29.8 Å². The lowest BCUT2D eigenvalue weighted by Gasteiger charge is -2.17. The molecular formula is C13H21NO2. The maximum atomic E-state index is 9.18. The van der Waals surface area contributed by atoms with E-state index in [1.54, 1.807) is 12.1 Å². The third kappa shape index (κ3) is 4.21. The minimum Gasteiger partial charge on any atom is -0.508 e. The number of phenolic OH excluding ortho intramolecular Hbond substituents is 1. The zero-order valence-corrected chi connectivity index (χ0v) is 9.98. The standard InChI is InChI=1S/C13H21NO2/c1-10(7-8-15)9-14-11(2)12-3-5-13(16)6-4-12/h3-6,10-11,14-16H,7-9H2,1-2H3. The lowest BCUT2D eigenvalue weighted by Crippen LogP contribution is -2.24. The molecule has 0 amide bonds. The summed E-state index contributed by atoms with van der Waals surface area (Å²) in [5.41, 5.74) is 1.16. The molecule has 3 nitrogen and oxygen atoms in total. The fourth-order valence-corrected chi connectivity index (χ4v) is 1.58. The summed E-state index contributed by atoms with van der Waals surface area (Å²) in [5, 5.41) is 21.4. The number of nitrogens with one attached hydrogen (secondary N) is 1. The molecule has 1 rings (SSSR count). The molecule has 0 spiro atoms. The van der Waals surface area contributed by atoms with E-state index in [0.29, 0.717) is 11.7 Å². The lowest BCUT2D eigenvalue weighted by atomic mass is 10.1. The number of phenols is 1. The van der Waals surface area contributed by atoms with Crippen LogP contribution in [-0.2, 0) is 0 Å². The van der Waals surface area contributed by atoms with Crippen LogP contribution in [-0.4, -0.2) is 23.4 Å². The molecule has 0 heterocycles. The highest BCUT2D eigenvalue weighted by Crippen LogP contribution is 2.16. The third-order valence-electron chi connectivity index (χ3n) is 2.79. The van der Waals surface area contributed by atoms with Crippen LogP contribution in [0, 0.1) is 5.92 Å². The average Bonchev–Trinajstić information content (AvgIpc) is 2.27. The van der Waals surface area contributed by atoms with Gasteiger partial charge in [0, 0.05) is 12.6 Å². The fourth-order valence-electron chi connectivity index (χ4n) is 1.58. The van der Waals surface area contributed by atoms with Crippen molar-refractivity contribution in [3.63, 3.8) is 0 Å². The highest BCUT2D eigenvalue weighted by molar-refractivity contribution is 5.27. The summed E-state index contributed by atoms with van der Waals surface area (Å²) in [6.07, 6.45) is 0.829. The summed E-state index contributed by atoms with van der Waals surface area (Å²) >= 11 is 0. The lowest BCUT2D eigenvalue weighted by molar-refractivity contribution is 0.258. The van der Waals surface area contributed by atoms with Gasteiger partial charge in [-0.3, -0.25) is 0 Å². The Morgan fingerprint density at radius 3 is 2.38 bits per heavy atom. The minimum atomic E-state index is 0.246. The molecule has 0 aliphatic rings. The Kier molecular flexibility index (Phi) is 5.29. The van der Waals surface area contributed by atoms with Crippen molar-refractivity contribution in [2.45, 2.75) is 26.3 Å². The molecule has 16 heavy (non-hydrogen) atoms. The molecule has 0 fully saturated rings. The molecule has 0 saturated carbocycles. The van der Waals surface area contributed by atoms with Crippen molar-refractivity contribution in [3.8, 4) is 5.75 Å². The van der Waals surface area contributed by atoms with Gasteiger partial charge in [-0.2, -0.15) is 0 Å². The van der Waals surface area contributed by atoms with Crippen LogP contribution in [0.3, 0.4) is 0 Å². The van der Waals surface area contributed by atoms with Crippen molar-refractivity contribution < 1.29 is 10.2 Å². The van der Waals surface area contributed by atoms with Gasteiger partial charge < -0.3 is 15.5 Å². The Hall–Kier alpha value is -1.06. The highest BCUT2D eigenvalue weighted by atomic mass is 16.3. The van der Waals surface area contributed by atoms with Crippen molar-refractivity contribution >= 4 is 0 Å². The van der Waals surface area contributed by atoms with Crippen LogP contribution < -0.4 is 5.32 Å². The second kappa shape index (κ2) is 6.51. The Morgan fingerprint density at radius 1 is 1.19 bits per heavy atom. The zero-order chi connectivity index (χ0) is 12.0. The fraction of sp³-hybridized carbons (Fsp3) is 0.538. The van der Waals surface area contributed by atoms with Gasteiger partial charge >= 0.3 is 0 Å². The van der Waals surface area contributed by atoms with Crippen LogP contribution in [0.25, 0.3) is 0 Å². The molecule has 2 unspecified atom stereocenters. The molecule has 0 saturated heterocycles. The molecule has 3 N–H and O–H groups in total. The molecule has 0 aliphatic carbocycles. The van der Waals surface area contributed by atoms with Crippen LogP contribution in [0.4, 0.5) is 0 Å². The zero-order valence-electron chi connectivity index (χ0n) is 9.98. The van der Waals surface area contributed by atoms with E-state index in [2.05, 4.69) is 19.2 Å². The van der Waals surface area contributed by atoms with Gasteiger partial charge in [-0.05, 0) is 43.5 Å². The van der Waals surface area contributed by atoms with Gasteiger partial charge in [-0.15, -0.1) is 0 Å². The molecule has 1 aromatic rings. The number of rotatable bonds is 6. The predicted octanol–water partition coefficient (Wildman–Crippen LogP) is 2.06. The van der Waals surface area contributed by atoms with Gasteiger partial charge in [0.25, 0.3) is 0 Å². The first-order chi connectivity index (χ1) is 7.63. The van der Waals surface area contributed by atoms with Crippen LogP contribution in [0.1, 0.15) is 31.9 Å². The van der Waals surface area contributed by atoms with Gasteiger partial charge in [-0.25, -0.2) is 0 Å². The molecule has 90 valence electrons. The number of benzene rings is 1. The molecule has 0 radical (unpaired) electrons. The first-order valence-corrected chi connectivity index (χ1v) is 5.76. The predicted molar refractivity (Wildman–Crippen MR) is 65.4 cm³/mol. The van der Waals surface area contributed by atoms with E-state index in [1.165, 1.54) is 0 Å². The van der Waals surface area contributed by atoms with Gasteiger partial charge in [0.05, 0.1) is 0 Å². The van der Waals surface area contributed by atoms with Crippen LogP contribution in [0.5, 0.6) is 5.75 Å². The molecule has 0 aliphatic heterocycles. The molecule has 0 bridgehead atoms. The SMILES string of the molecule is CC(CCO)CNC(C)c1ccc(O)cc1. The number of aromatic hydroxyl groups is 1. The molecular weight excluding hydrogens is 202 g/mol. The monoisotopic (exact) mass is 223 g/mol. The number of aliphatic hydroxyl groups excluding tert-OH is 1. The van der Waals surface area contributed by atoms with Crippen LogP contribution >= 0.6 is 0 Å². The maximum Gasteiger partial charge on any atom is 0.115 e. The van der Waals surface area contributed by atoms with Gasteiger partial charge in [-0.1, -0.05) is 19.1 Å². The smallest absolute Gasteiger partial charge is 0.115 e. The van der Waals surface area contributed by atoms with E-state index in [-0.39, 0.29) is 12.6 Å². The summed E-state index contributed by atoms with van der Waals surface area (Å²) in [5.74, 6) is 0.772. The van der Waals surface area contributed by atoms with Gasteiger partial charge in [0.15, 0.2) is 0 Å². The second-order valence-electron chi connectivity index (χ2n) is 4.34. The van der Waals surface area contributed by atoms with E-state index in [9.17, 15) is 5.11 Å². The summed E-state index contributed by atoms with van der Waals surface area (Å²) in [6, 6.07) is 7.50. The molecule has 1 aromatic carbocycles. The summed E-state index contributed by atoms with van der Waals surface area (Å²) in [4.78, 5) is 0. The van der Waals surface area contributed by atoms with Crippen molar-refractivity contribution in [2.24, 2.45) is 5.92 Å². The summed E-state index contributed by atoms with van der Waals surface area (Å²) < 4.78 is 0. The van der Waals surface area contributed by atoms with E-state index < -0.39 is 0 Å². The number of hydrogen-bond donors (Lipinski definition) is 3. The maximum absolute atomic E-state index is 9.18. The molecule has 0 aromatic heterocycles. The Labute approximate surface area is 97.1 Å². The first kappa shape index (κ1) is 13.0. The van der Waals surface area contributed by atoms with Crippen LogP contribution in [0.15, 0.2) is 24.3 Å². The number of hydrogen-bond acceptors (Lipinski definition) is 3. The van der Waals surface area contributed by atoms with Gasteiger partial charge in [0.1, 0.15) is 5.75 Å². The third-order valence-corrected chi connectivity index (χ3v) is 2.79. The van der Waals surface area contributed by atoms with E-state index in [0.717, 1.165) is 18.5 Å². The summed E-state index contributed by atoms with van der Waals surface area (Å²) in [6.45, 7) is 5.35. The summed E-state index contributed by atoms with van der Waals surface area (Å²) in [7, 11) is 0. The highest BCUT2D eigenvalue weighted by Gasteiger charge is 2.07. The van der Waals surface area contributed by atoms with E-state index in [1.807, 2.05) is 12.1 Å². The largest absolute Gasteiger partial charge is 0.508 e. The molecule has 2 atom stereocenters. The molecule has 3 heteroatoms.